The van der Waals surface area contributed by atoms with Crippen LogP contribution in [0.25, 0.3) is 11.1 Å². The Morgan fingerprint density at radius 1 is 1.00 bits per heavy atom. The molecule has 1 aliphatic carbocycles. The van der Waals surface area contributed by atoms with Gasteiger partial charge in [-0.3, -0.25) is 9.59 Å². The van der Waals surface area contributed by atoms with Gasteiger partial charge >= 0.3 is 6.09 Å². The second kappa shape index (κ2) is 11.5. The van der Waals surface area contributed by atoms with Crippen molar-refractivity contribution in [2.24, 2.45) is 7.05 Å². The summed E-state index contributed by atoms with van der Waals surface area (Å²) >= 11 is 9.23. The molecule has 39 heavy (non-hydrogen) atoms. The predicted molar refractivity (Wildman–Crippen MR) is 155 cm³/mol. The van der Waals surface area contributed by atoms with Gasteiger partial charge in [-0.05, 0) is 61.9 Å². The fourth-order valence-electron chi connectivity index (χ4n) is 4.82. The van der Waals surface area contributed by atoms with Gasteiger partial charge in [0, 0.05) is 30.6 Å². The van der Waals surface area contributed by atoms with Gasteiger partial charge in [0.2, 0.25) is 5.91 Å². The summed E-state index contributed by atoms with van der Waals surface area (Å²) in [6, 6.07) is 23.8. The minimum atomic E-state index is -0.946. The van der Waals surface area contributed by atoms with Gasteiger partial charge in [0.15, 0.2) is 0 Å². The van der Waals surface area contributed by atoms with E-state index in [-0.39, 0.29) is 24.5 Å². The highest BCUT2D eigenvalue weighted by Gasteiger charge is 2.30. The Morgan fingerprint density at radius 2 is 1.62 bits per heavy atom. The molecule has 0 saturated heterocycles. The zero-order valence-corrected chi connectivity index (χ0v) is 23.3. The van der Waals surface area contributed by atoms with Gasteiger partial charge < -0.3 is 19.9 Å². The smallest absolute Gasteiger partial charge is 0.407 e. The van der Waals surface area contributed by atoms with Crippen LogP contribution in [-0.4, -0.2) is 29.2 Å². The molecule has 7 nitrogen and oxygen atoms in total. The van der Waals surface area contributed by atoms with Crippen LogP contribution in [0.3, 0.4) is 0 Å². The first-order valence-corrected chi connectivity index (χ1v) is 13.5. The molecular weight excluding hydrogens is 582 g/mol. The normalized spacial score (nSPS) is 12.8. The Labute approximate surface area is 238 Å². The quantitative estimate of drug-likeness (QED) is 0.275. The number of carbonyl (C=O) groups is 2. The molecule has 1 atom stereocenters. The number of fused-ring (bicyclic) bond motifs is 3. The van der Waals surface area contributed by atoms with E-state index in [1.807, 2.05) is 36.4 Å². The number of benzene rings is 3. The first-order valence-electron chi connectivity index (χ1n) is 12.3. The van der Waals surface area contributed by atoms with E-state index in [1.165, 1.54) is 16.8 Å². The van der Waals surface area contributed by atoms with Gasteiger partial charge in [0.05, 0.1) is 10.2 Å². The molecule has 1 aliphatic rings. The maximum Gasteiger partial charge on any atom is 0.407 e. The molecule has 2 amide bonds. The van der Waals surface area contributed by atoms with Crippen LogP contribution in [0.4, 0.5) is 10.5 Å². The number of aryl methyl sites for hydroxylation is 1. The molecule has 0 bridgehead atoms. The molecule has 9 heteroatoms. The number of halogens is 2. The molecule has 0 aliphatic heterocycles. The molecule has 2 N–H and O–H groups in total. The molecule has 0 radical (unpaired) electrons. The molecule has 4 aromatic rings. The van der Waals surface area contributed by atoms with Crippen LogP contribution in [0, 0.1) is 0 Å². The molecule has 5 rings (SSSR count). The van der Waals surface area contributed by atoms with Gasteiger partial charge in [-0.1, -0.05) is 72.3 Å². The summed E-state index contributed by atoms with van der Waals surface area (Å²) in [6.45, 7) is 0.128. The lowest BCUT2D eigenvalue weighted by atomic mass is 9.98. The fraction of sp³-hybridized carbons (Fsp3) is 0.167. The van der Waals surface area contributed by atoms with E-state index in [9.17, 15) is 14.4 Å². The largest absolute Gasteiger partial charge is 0.449 e. The summed E-state index contributed by atoms with van der Waals surface area (Å²) < 4.78 is 7.34. The Morgan fingerprint density at radius 3 is 2.23 bits per heavy atom. The minimum absolute atomic E-state index is 0.102. The third-order valence-corrected chi connectivity index (χ3v) is 7.53. The number of carbonyl (C=O) groups excluding carboxylic acids is 2. The molecule has 0 fully saturated rings. The number of rotatable bonds is 7. The Bertz CT molecular complexity index is 1530. The van der Waals surface area contributed by atoms with E-state index in [0.717, 1.165) is 27.8 Å². The standard InChI is InChI=1S/C30H25BrClN3O4/c1-35-16-20(15-26(31)29(35)37)33-28(36)27(14-18-10-12-19(32)13-11-18)34-30(38)39-17-25-23-8-4-2-6-21(23)22-7-3-5-9-24(22)25/h2-13,15-16,25,27H,14,17H2,1H3,(H,33,36)(H,34,38)/t27-/m0/s1. The van der Waals surface area contributed by atoms with Crippen molar-refractivity contribution in [2.45, 2.75) is 18.4 Å². The second-order valence-electron chi connectivity index (χ2n) is 9.34. The minimum Gasteiger partial charge on any atom is -0.449 e. The summed E-state index contributed by atoms with van der Waals surface area (Å²) in [5.41, 5.74) is 5.44. The van der Waals surface area contributed by atoms with E-state index < -0.39 is 18.0 Å². The number of nitrogens with zero attached hydrogens (tertiary/aromatic N) is 1. The van der Waals surface area contributed by atoms with Crippen LogP contribution in [0.2, 0.25) is 5.02 Å². The van der Waals surface area contributed by atoms with Crippen molar-refractivity contribution in [1.82, 2.24) is 9.88 Å². The molecular formula is C30H25BrClN3O4. The number of anilines is 1. The SMILES string of the molecule is Cn1cc(NC(=O)[C@H](Cc2ccc(Cl)cc2)NC(=O)OCC2c3ccccc3-c3ccccc32)cc(Br)c1=O. The van der Waals surface area contributed by atoms with E-state index in [0.29, 0.717) is 15.2 Å². The monoisotopic (exact) mass is 605 g/mol. The summed E-state index contributed by atoms with van der Waals surface area (Å²) in [5, 5.41) is 6.08. The fourth-order valence-corrected chi connectivity index (χ4v) is 5.47. The van der Waals surface area contributed by atoms with E-state index in [2.05, 4.69) is 38.7 Å². The van der Waals surface area contributed by atoms with Crippen molar-refractivity contribution in [1.29, 1.82) is 0 Å². The van der Waals surface area contributed by atoms with E-state index >= 15 is 0 Å². The molecule has 198 valence electrons. The maximum absolute atomic E-state index is 13.3. The van der Waals surface area contributed by atoms with Crippen LogP contribution in [0.1, 0.15) is 22.6 Å². The lowest BCUT2D eigenvalue weighted by Gasteiger charge is -2.20. The Balaban J connectivity index is 1.32. The van der Waals surface area contributed by atoms with Crippen molar-refractivity contribution >= 4 is 45.2 Å². The third kappa shape index (κ3) is 5.92. The zero-order valence-electron chi connectivity index (χ0n) is 21.0. The molecule has 0 unspecified atom stereocenters. The average molecular weight is 607 g/mol. The number of aromatic nitrogens is 1. The van der Waals surface area contributed by atoms with Crippen molar-refractivity contribution in [3.8, 4) is 11.1 Å². The van der Waals surface area contributed by atoms with Crippen molar-refractivity contribution in [3.05, 3.63) is 122 Å². The molecule has 1 aromatic heterocycles. The number of hydrogen-bond donors (Lipinski definition) is 2. The van der Waals surface area contributed by atoms with E-state index in [4.69, 9.17) is 16.3 Å². The lowest BCUT2D eigenvalue weighted by molar-refractivity contribution is -0.118. The number of pyridine rings is 1. The van der Waals surface area contributed by atoms with E-state index in [1.54, 1.807) is 31.3 Å². The van der Waals surface area contributed by atoms with Gasteiger partial charge in [0.25, 0.3) is 5.56 Å². The summed E-state index contributed by atoms with van der Waals surface area (Å²) in [4.78, 5) is 38.3. The number of amides is 2. The summed E-state index contributed by atoms with van der Waals surface area (Å²) in [6.07, 6.45) is 1.02. The van der Waals surface area contributed by atoms with Crippen molar-refractivity contribution < 1.29 is 14.3 Å². The Hall–Kier alpha value is -3.88. The highest BCUT2D eigenvalue weighted by atomic mass is 79.9. The number of ether oxygens (including phenoxy) is 1. The van der Waals surface area contributed by atoms with Gasteiger partial charge in [-0.25, -0.2) is 4.79 Å². The van der Waals surface area contributed by atoms with Gasteiger partial charge in [0.1, 0.15) is 12.6 Å². The van der Waals surface area contributed by atoms with Crippen LogP contribution in [0.5, 0.6) is 0 Å². The number of hydrogen-bond acceptors (Lipinski definition) is 4. The van der Waals surface area contributed by atoms with Crippen molar-refractivity contribution in [3.63, 3.8) is 0 Å². The molecule has 0 spiro atoms. The third-order valence-electron chi connectivity index (χ3n) is 6.71. The van der Waals surface area contributed by atoms with Crippen molar-refractivity contribution in [2.75, 3.05) is 11.9 Å². The van der Waals surface area contributed by atoms with Crippen LogP contribution in [0.15, 0.2) is 94.3 Å². The second-order valence-corrected chi connectivity index (χ2v) is 10.6. The number of nitrogens with one attached hydrogen (secondary N) is 2. The first kappa shape index (κ1) is 26.7. The predicted octanol–water partition coefficient (Wildman–Crippen LogP) is 5.89. The highest BCUT2D eigenvalue weighted by Crippen LogP contribution is 2.44. The average Bonchev–Trinajstić information content (AvgIpc) is 3.25. The first-order chi connectivity index (χ1) is 18.8. The number of alkyl carbamates (subject to hydrolysis) is 1. The van der Waals surface area contributed by atoms with Crippen LogP contribution in [-0.2, 0) is 23.0 Å². The topological polar surface area (TPSA) is 89.4 Å². The van der Waals surface area contributed by atoms with Crippen LogP contribution < -0.4 is 16.2 Å². The van der Waals surface area contributed by atoms with Crippen LogP contribution >= 0.6 is 27.5 Å². The molecule has 0 saturated carbocycles. The maximum atomic E-state index is 13.3. The van der Waals surface area contributed by atoms with Gasteiger partial charge in [-0.2, -0.15) is 0 Å². The Kier molecular flexibility index (Phi) is 7.86. The zero-order chi connectivity index (χ0) is 27.5. The van der Waals surface area contributed by atoms with Gasteiger partial charge in [-0.15, -0.1) is 0 Å². The summed E-state index contributed by atoms with van der Waals surface area (Å²) in [5.74, 6) is -0.557. The molecule has 3 aromatic carbocycles. The lowest BCUT2D eigenvalue weighted by Crippen LogP contribution is -2.45. The highest BCUT2D eigenvalue weighted by molar-refractivity contribution is 9.10. The molecule has 1 heterocycles. The summed E-state index contributed by atoms with van der Waals surface area (Å²) in [7, 11) is 1.59.